The lowest BCUT2D eigenvalue weighted by molar-refractivity contribution is -0.143. The van der Waals surface area contributed by atoms with Gasteiger partial charge in [-0.2, -0.15) is 4.31 Å². The molecule has 0 unspecified atom stereocenters. The van der Waals surface area contributed by atoms with Crippen molar-refractivity contribution in [2.24, 2.45) is 0 Å². The summed E-state index contributed by atoms with van der Waals surface area (Å²) >= 11 is 0. The predicted molar refractivity (Wildman–Crippen MR) is 112 cm³/mol. The van der Waals surface area contributed by atoms with Crippen molar-refractivity contribution in [1.29, 1.82) is 0 Å². The molecule has 0 radical (unpaired) electrons. The van der Waals surface area contributed by atoms with Crippen LogP contribution in [0.3, 0.4) is 0 Å². The van der Waals surface area contributed by atoms with Gasteiger partial charge in [-0.05, 0) is 36.4 Å². The zero-order valence-electron chi connectivity index (χ0n) is 16.9. The zero-order chi connectivity index (χ0) is 22.7. The van der Waals surface area contributed by atoms with Gasteiger partial charge in [0.25, 0.3) is 0 Å². The molecule has 10 nitrogen and oxygen atoms in total. The standard InChI is InChI=1S/C21H20N2O8S/c24-18(14-30-20(25)13-23-17-3-1-2-4-19(17)31-21(23)26)15-5-7-16(8-6-15)32(27,28)22-9-11-29-12-10-22/h1-8H,9-14H2. The number of fused-ring (bicyclic) bond motifs is 1. The first-order valence-corrected chi connectivity index (χ1v) is 11.3. The van der Waals surface area contributed by atoms with E-state index in [4.69, 9.17) is 13.9 Å². The Morgan fingerprint density at radius 1 is 1.00 bits per heavy atom. The highest BCUT2D eigenvalue weighted by molar-refractivity contribution is 7.89. The monoisotopic (exact) mass is 460 g/mol. The van der Waals surface area contributed by atoms with Gasteiger partial charge < -0.3 is 13.9 Å². The van der Waals surface area contributed by atoms with Crippen LogP contribution in [0.25, 0.3) is 11.1 Å². The topological polar surface area (TPSA) is 125 Å². The molecule has 0 spiro atoms. The second kappa shape index (κ2) is 9.07. The van der Waals surface area contributed by atoms with E-state index in [2.05, 4.69) is 0 Å². The highest BCUT2D eigenvalue weighted by Crippen LogP contribution is 2.18. The van der Waals surface area contributed by atoms with Gasteiger partial charge >= 0.3 is 11.7 Å². The highest BCUT2D eigenvalue weighted by atomic mass is 32.2. The van der Waals surface area contributed by atoms with Crippen molar-refractivity contribution >= 4 is 32.9 Å². The molecule has 2 aromatic carbocycles. The highest BCUT2D eigenvalue weighted by Gasteiger charge is 2.26. The molecule has 1 aromatic heterocycles. The molecule has 32 heavy (non-hydrogen) atoms. The maximum atomic E-state index is 12.6. The molecule has 0 bridgehead atoms. The van der Waals surface area contributed by atoms with Crippen molar-refractivity contribution in [2.45, 2.75) is 11.4 Å². The molecule has 0 aliphatic carbocycles. The summed E-state index contributed by atoms with van der Waals surface area (Å²) in [6.45, 7) is 0.268. The minimum atomic E-state index is -3.67. The molecule has 4 rings (SSSR count). The van der Waals surface area contributed by atoms with E-state index in [-0.39, 0.29) is 23.5 Å². The molecule has 1 aliphatic heterocycles. The van der Waals surface area contributed by atoms with Crippen molar-refractivity contribution in [3.05, 3.63) is 64.6 Å². The zero-order valence-corrected chi connectivity index (χ0v) is 17.7. The summed E-state index contributed by atoms with van der Waals surface area (Å²) in [5.41, 5.74) is 0.982. The second-order valence-corrected chi connectivity index (χ2v) is 8.98. The molecular formula is C21H20N2O8S. The van der Waals surface area contributed by atoms with Crippen LogP contribution in [-0.2, 0) is 30.8 Å². The van der Waals surface area contributed by atoms with Crippen LogP contribution in [0.5, 0.6) is 0 Å². The third-order valence-electron chi connectivity index (χ3n) is 5.01. The molecule has 0 saturated carbocycles. The van der Waals surface area contributed by atoms with Crippen molar-refractivity contribution in [1.82, 2.24) is 8.87 Å². The number of nitrogens with zero attached hydrogens (tertiary/aromatic N) is 2. The summed E-state index contributed by atoms with van der Waals surface area (Å²) in [6, 6.07) is 12.1. The smallest absolute Gasteiger partial charge is 0.420 e. The number of aromatic nitrogens is 1. The number of ketones is 1. The first kappa shape index (κ1) is 21.9. The van der Waals surface area contributed by atoms with E-state index in [9.17, 15) is 22.8 Å². The Hall–Kier alpha value is -3.28. The maximum absolute atomic E-state index is 12.6. The molecule has 11 heteroatoms. The van der Waals surface area contributed by atoms with E-state index in [1.807, 2.05) is 0 Å². The Labute approximate surface area is 183 Å². The van der Waals surface area contributed by atoms with Crippen LogP contribution in [0.1, 0.15) is 10.4 Å². The van der Waals surface area contributed by atoms with Gasteiger partial charge in [-0.15, -0.1) is 0 Å². The number of carbonyl (C=O) groups excluding carboxylic acids is 2. The number of para-hydroxylation sites is 2. The first-order chi connectivity index (χ1) is 15.4. The minimum Gasteiger partial charge on any atom is -0.456 e. The summed E-state index contributed by atoms with van der Waals surface area (Å²) in [4.78, 5) is 36.5. The Morgan fingerprint density at radius 2 is 1.69 bits per heavy atom. The summed E-state index contributed by atoms with van der Waals surface area (Å²) in [5, 5.41) is 0. The van der Waals surface area contributed by atoms with Crippen LogP contribution in [-0.4, -0.2) is 62.0 Å². The fourth-order valence-corrected chi connectivity index (χ4v) is 4.72. The van der Waals surface area contributed by atoms with Crippen LogP contribution < -0.4 is 5.76 Å². The van der Waals surface area contributed by atoms with E-state index < -0.39 is 40.7 Å². The Bertz CT molecular complexity index is 1300. The van der Waals surface area contributed by atoms with Crippen LogP contribution in [0.4, 0.5) is 0 Å². The number of esters is 1. The number of morpholine rings is 1. The number of rotatable bonds is 7. The van der Waals surface area contributed by atoms with Crippen molar-refractivity contribution in [3.8, 4) is 0 Å². The molecular weight excluding hydrogens is 440 g/mol. The Balaban J connectivity index is 1.37. The van der Waals surface area contributed by atoms with E-state index in [0.717, 1.165) is 4.57 Å². The molecule has 0 atom stereocenters. The predicted octanol–water partition coefficient (Wildman–Crippen LogP) is 1.04. The maximum Gasteiger partial charge on any atom is 0.420 e. The van der Waals surface area contributed by atoms with E-state index >= 15 is 0 Å². The SMILES string of the molecule is O=C(Cn1c(=O)oc2ccccc21)OCC(=O)c1ccc(S(=O)(=O)N2CCOCC2)cc1. The number of carbonyl (C=O) groups is 2. The largest absolute Gasteiger partial charge is 0.456 e. The molecule has 1 saturated heterocycles. The third-order valence-corrected chi connectivity index (χ3v) is 6.92. The second-order valence-electron chi connectivity index (χ2n) is 7.05. The van der Waals surface area contributed by atoms with Crippen LogP contribution in [0.2, 0.25) is 0 Å². The number of hydrogen-bond acceptors (Lipinski definition) is 8. The number of oxazole rings is 1. The van der Waals surface area contributed by atoms with Gasteiger partial charge in [0.15, 0.2) is 18.0 Å². The fraction of sp³-hybridized carbons (Fsp3) is 0.286. The molecule has 0 amide bonds. The van der Waals surface area contributed by atoms with Gasteiger partial charge in [0, 0.05) is 18.7 Å². The van der Waals surface area contributed by atoms with Gasteiger partial charge in [-0.25, -0.2) is 13.2 Å². The quantitative estimate of drug-likeness (QED) is 0.378. The Kier molecular flexibility index (Phi) is 6.21. The van der Waals surface area contributed by atoms with Crippen molar-refractivity contribution in [3.63, 3.8) is 0 Å². The summed E-state index contributed by atoms with van der Waals surface area (Å²) in [7, 11) is -3.67. The summed E-state index contributed by atoms with van der Waals surface area (Å²) in [6.07, 6.45) is 0. The molecule has 168 valence electrons. The summed E-state index contributed by atoms with van der Waals surface area (Å²) < 4.78 is 42.9. The van der Waals surface area contributed by atoms with Gasteiger partial charge in [0.05, 0.1) is 23.6 Å². The van der Waals surface area contributed by atoms with E-state index in [0.29, 0.717) is 24.3 Å². The van der Waals surface area contributed by atoms with Crippen molar-refractivity contribution in [2.75, 3.05) is 32.9 Å². The van der Waals surface area contributed by atoms with Crippen molar-refractivity contribution < 1.29 is 31.9 Å². The van der Waals surface area contributed by atoms with Gasteiger partial charge in [0.2, 0.25) is 10.0 Å². The van der Waals surface area contributed by atoms with Crippen LogP contribution >= 0.6 is 0 Å². The number of Topliss-reactive ketones (excluding diaryl/α,β-unsaturated/α-hetero) is 1. The number of ether oxygens (including phenoxy) is 2. The van der Waals surface area contributed by atoms with Crippen LogP contribution in [0.15, 0.2) is 62.6 Å². The molecule has 1 fully saturated rings. The number of hydrogen-bond donors (Lipinski definition) is 0. The van der Waals surface area contributed by atoms with Crippen LogP contribution in [0, 0.1) is 0 Å². The molecule has 1 aliphatic rings. The van der Waals surface area contributed by atoms with E-state index in [1.165, 1.54) is 28.6 Å². The average molecular weight is 460 g/mol. The molecule has 3 aromatic rings. The lowest BCUT2D eigenvalue weighted by Gasteiger charge is -2.26. The van der Waals surface area contributed by atoms with Gasteiger partial charge in [0.1, 0.15) is 6.54 Å². The number of sulfonamides is 1. The average Bonchev–Trinajstić information content (AvgIpc) is 3.13. The lowest BCUT2D eigenvalue weighted by atomic mass is 10.1. The lowest BCUT2D eigenvalue weighted by Crippen LogP contribution is -2.40. The molecule has 2 heterocycles. The Morgan fingerprint density at radius 3 is 2.41 bits per heavy atom. The first-order valence-electron chi connectivity index (χ1n) is 9.81. The molecule has 0 N–H and O–H groups in total. The van der Waals surface area contributed by atoms with Gasteiger partial charge in [-0.1, -0.05) is 12.1 Å². The third kappa shape index (κ3) is 4.49. The minimum absolute atomic E-state index is 0.0687. The summed E-state index contributed by atoms with van der Waals surface area (Å²) in [5.74, 6) is -1.98. The van der Waals surface area contributed by atoms with E-state index in [1.54, 1.807) is 24.3 Å². The van der Waals surface area contributed by atoms with Gasteiger partial charge in [-0.3, -0.25) is 14.2 Å². The normalized spacial score (nSPS) is 15.0. The fourth-order valence-electron chi connectivity index (χ4n) is 3.32. The number of benzene rings is 2.